The average molecular weight is 491 g/mol. The van der Waals surface area contributed by atoms with Crippen LogP contribution >= 0.6 is 0 Å². The number of aliphatic hydroxyl groups is 1. The van der Waals surface area contributed by atoms with E-state index in [0.29, 0.717) is 18.0 Å². The summed E-state index contributed by atoms with van der Waals surface area (Å²) in [7, 11) is -3.59. The third-order valence-electron chi connectivity index (χ3n) is 7.69. The molecule has 0 bridgehead atoms. The summed E-state index contributed by atoms with van der Waals surface area (Å²) < 4.78 is 28.9. The Balaban J connectivity index is 1.43. The van der Waals surface area contributed by atoms with Gasteiger partial charge in [-0.2, -0.15) is 4.31 Å². The fourth-order valence-electron chi connectivity index (χ4n) is 5.83. The molecule has 0 amide bonds. The standard InChI is InChI=1S/C29H34N2O3S/c1-21-8-7-10-25(18-21)23-12-14-24(15-13-23)29-26-19-30(16-5-6-17-31(26)27(29)20-32)35(33,34)28-11-4-3-9-22(28)2/h3-4,7-15,18,26-27,29,32H,5-6,16-17,19-20H2,1-2H3/t26-,27?,29?/m0/s1. The van der Waals surface area contributed by atoms with Crippen molar-refractivity contribution in [3.63, 3.8) is 0 Å². The van der Waals surface area contributed by atoms with Gasteiger partial charge >= 0.3 is 0 Å². The molecule has 3 aromatic rings. The van der Waals surface area contributed by atoms with Gasteiger partial charge in [0.2, 0.25) is 10.0 Å². The van der Waals surface area contributed by atoms with E-state index in [9.17, 15) is 13.5 Å². The molecule has 6 heteroatoms. The van der Waals surface area contributed by atoms with Gasteiger partial charge in [0, 0.05) is 31.1 Å². The molecule has 3 aromatic carbocycles. The minimum Gasteiger partial charge on any atom is -0.395 e. The minimum absolute atomic E-state index is 0.0194. The molecule has 2 aliphatic heterocycles. The van der Waals surface area contributed by atoms with Crippen molar-refractivity contribution in [1.29, 1.82) is 0 Å². The lowest BCUT2D eigenvalue weighted by Gasteiger charge is -2.57. The number of rotatable bonds is 5. The van der Waals surface area contributed by atoms with E-state index in [-0.39, 0.29) is 24.6 Å². The predicted octanol–water partition coefficient (Wildman–Crippen LogP) is 4.58. The molecule has 0 aliphatic carbocycles. The Morgan fingerprint density at radius 2 is 1.63 bits per heavy atom. The van der Waals surface area contributed by atoms with Gasteiger partial charge in [-0.15, -0.1) is 0 Å². The molecule has 2 fully saturated rings. The number of sulfonamides is 1. The quantitative estimate of drug-likeness (QED) is 0.569. The maximum absolute atomic E-state index is 13.6. The highest BCUT2D eigenvalue weighted by Gasteiger charge is 2.50. The summed E-state index contributed by atoms with van der Waals surface area (Å²) in [6.45, 7) is 5.89. The van der Waals surface area contributed by atoms with Crippen molar-refractivity contribution in [3.8, 4) is 11.1 Å². The Morgan fingerprint density at radius 1 is 0.886 bits per heavy atom. The van der Waals surface area contributed by atoms with Gasteiger partial charge < -0.3 is 5.11 Å². The summed E-state index contributed by atoms with van der Waals surface area (Å²) in [5.41, 5.74) is 5.51. The molecular formula is C29H34N2O3S. The zero-order valence-electron chi connectivity index (χ0n) is 20.5. The van der Waals surface area contributed by atoms with Crippen molar-refractivity contribution < 1.29 is 13.5 Å². The maximum Gasteiger partial charge on any atom is 0.243 e. The van der Waals surface area contributed by atoms with Crippen molar-refractivity contribution in [2.45, 2.75) is 49.6 Å². The normalized spacial score (nSPS) is 23.7. The molecule has 35 heavy (non-hydrogen) atoms. The van der Waals surface area contributed by atoms with Gasteiger partial charge in [0.15, 0.2) is 0 Å². The zero-order valence-corrected chi connectivity index (χ0v) is 21.3. The van der Waals surface area contributed by atoms with Gasteiger partial charge in [0.25, 0.3) is 0 Å². The summed E-state index contributed by atoms with van der Waals surface area (Å²) in [6, 6.07) is 24.4. The van der Waals surface area contributed by atoms with E-state index in [0.717, 1.165) is 36.1 Å². The Kier molecular flexibility index (Phi) is 6.82. The molecule has 2 heterocycles. The fraction of sp³-hybridized carbons (Fsp3) is 0.379. The highest BCUT2D eigenvalue weighted by Crippen LogP contribution is 2.43. The number of fused-ring (bicyclic) bond motifs is 1. The van der Waals surface area contributed by atoms with E-state index in [1.165, 1.54) is 11.1 Å². The summed E-state index contributed by atoms with van der Waals surface area (Å²) in [4.78, 5) is 2.71. The van der Waals surface area contributed by atoms with Crippen molar-refractivity contribution >= 4 is 10.0 Å². The number of nitrogens with zero attached hydrogens (tertiary/aromatic N) is 2. The van der Waals surface area contributed by atoms with Crippen LogP contribution in [-0.4, -0.2) is 61.1 Å². The van der Waals surface area contributed by atoms with E-state index < -0.39 is 10.0 Å². The van der Waals surface area contributed by atoms with Crippen LogP contribution in [0.4, 0.5) is 0 Å². The molecule has 5 nitrogen and oxygen atoms in total. The van der Waals surface area contributed by atoms with Gasteiger partial charge in [0.05, 0.1) is 11.5 Å². The second kappa shape index (κ2) is 9.86. The molecule has 0 spiro atoms. The lowest BCUT2D eigenvalue weighted by Crippen LogP contribution is -2.67. The topological polar surface area (TPSA) is 60.9 Å². The molecule has 2 unspecified atom stereocenters. The number of aryl methyl sites for hydroxylation is 2. The van der Waals surface area contributed by atoms with Crippen LogP contribution in [0.5, 0.6) is 0 Å². The molecule has 1 N–H and O–H groups in total. The first-order chi connectivity index (χ1) is 16.9. The van der Waals surface area contributed by atoms with Gasteiger partial charge in [-0.25, -0.2) is 8.42 Å². The van der Waals surface area contributed by atoms with Crippen molar-refractivity contribution in [1.82, 2.24) is 9.21 Å². The number of hydrogen-bond acceptors (Lipinski definition) is 4. The first-order valence-corrected chi connectivity index (χ1v) is 13.9. The molecule has 2 saturated heterocycles. The number of aliphatic hydroxyl groups excluding tert-OH is 1. The second-order valence-electron chi connectivity index (χ2n) is 9.91. The zero-order chi connectivity index (χ0) is 24.6. The van der Waals surface area contributed by atoms with E-state index in [1.807, 2.05) is 19.1 Å². The molecule has 0 aromatic heterocycles. The number of benzene rings is 3. The van der Waals surface area contributed by atoms with E-state index in [1.54, 1.807) is 16.4 Å². The summed E-state index contributed by atoms with van der Waals surface area (Å²) in [5.74, 6) is 0.0965. The van der Waals surface area contributed by atoms with E-state index >= 15 is 0 Å². The Labute approximate surface area is 209 Å². The van der Waals surface area contributed by atoms with Crippen LogP contribution in [0.1, 0.15) is 35.4 Å². The van der Waals surface area contributed by atoms with Crippen LogP contribution in [0, 0.1) is 13.8 Å². The van der Waals surface area contributed by atoms with Crippen LogP contribution < -0.4 is 0 Å². The van der Waals surface area contributed by atoms with Crippen LogP contribution in [-0.2, 0) is 10.0 Å². The highest BCUT2D eigenvalue weighted by atomic mass is 32.2. The SMILES string of the molecule is Cc1cccc(-c2ccc(C3C(CO)N4CCCCN(S(=O)(=O)c5ccccc5C)C[C@@H]34)cc2)c1. The van der Waals surface area contributed by atoms with Crippen molar-refractivity contribution in [3.05, 3.63) is 89.5 Å². The first kappa shape index (κ1) is 24.2. The second-order valence-corrected chi connectivity index (χ2v) is 11.8. The van der Waals surface area contributed by atoms with Gasteiger partial charge in [-0.05, 0) is 61.6 Å². The fourth-order valence-corrected chi connectivity index (χ4v) is 7.56. The third kappa shape index (κ3) is 4.56. The van der Waals surface area contributed by atoms with Crippen LogP contribution in [0.3, 0.4) is 0 Å². The van der Waals surface area contributed by atoms with Crippen LogP contribution in [0.2, 0.25) is 0 Å². The average Bonchev–Trinajstić information content (AvgIpc) is 2.83. The Hall–Kier alpha value is -2.51. The molecule has 0 saturated carbocycles. The third-order valence-corrected chi connectivity index (χ3v) is 9.72. The summed E-state index contributed by atoms with van der Waals surface area (Å²) in [6.07, 6.45) is 1.74. The van der Waals surface area contributed by atoms with Gasteiger partial charge in [-0.3, -0.25) is 4.90 Å². The predicted molar refractivity (Wildman–Crippen MR) is 140 cm³/mol. The minimum atomic E-state index is -3.59. The highest BCUT2D eigenvalue weighted by molar-refractivity contribution is 7.89. The van der Waals surface area contributed by atoms with Gasteiger partial charge in [0.1, 0.15) is 0 Å². The molecule has 3 atom stereocenters. The summed E-state index contributed by atoms with van der Waals surface area (Å²) in [5, 5.41) is 10.2. The lowest BCUT2D eigenvalue weighted by atomic mass is 9.74. The largest absolute Gasteiger partial charge is 0.395 e. The van der Waals surface area contributed by atoms with Crippen LogP contribution in [0.15, 0.2) is 77.7 Å². The smallest absolute Gasteiger partial charge is 0.243 e. The molecule has 2 aliphatic rings. The monoisotopic (exact) mass is 490 g/mol. The summed E-state index contributed by atoms with van der Waals surface area (Å²) >= 11 is 0. The Bertz CT molecular complexity index is 1290. The molecular weight excluding hydrogens is 456 g/mol. The molecule has 184 valence electrons. The maximum atomic E-state index is 13.6. The Morgan fingerprint density at radius 3 is 2.34 bits per heavy atom. The molecule has 0 radical (unpaired) electrons. The van der Waals surface area contributed by atoms with E-state index in [2.05, 4.69) is 60.4 Å². The first-order valence-electron chi connectivity index (χ1n) is 12.5. The van der Waals surface area contributed by atoms with Gasteiger partial charge in [-0.1, -0.05) is 72.3 Å². The lowest BCUT2D eigenvalue weighted by molar-refractivity contribution is -0.0553. The van der Waals surface area contributed by atoms with Crippen molar-refractivity contribution in [2.24, 2.45) is 0 Å². The van der Waals surface area contributed by atoms with Crippen molar-refractivity contribution in [2.75, 3.05) is 26.2 Å². The number of hydrogen-bond donors (Lipinski definition) is 1. The van der Waals surface area contributed by atoms with Crippen LogP contribution in [0.25, 0.3) is 11.1 Å². The van der Waals surface area contributed by atoms with E-state index in [4.69, 9.17) is 0 Å². The molecule has 5 rings (SSSR count).